The molecule has 0 saturated carbocycles. The predicted molar refractivity (Wildman–Crippen MR) is 40.7 cm³/mol. The Balaban J connectivity index is 0. The molecule has 0 saturated heterocycles. The first-order valence-corrected chi connectivity index (χ1v) is 3.57. The lowest BCUT2D eigenvalue weighted by molar-refractivity contribution is 0.208. The van der Waals surface area contributed by atoms with Crippen LogP contribution in [0.1, 0.15) is 0 Å². The molecule has 0 bridgehead atoms. The van der Waals surface area contributed by atoms with Gasteiger partial charge in [-0.2, -0.15) is 11.8 Å². The summed E-state index contributed by atoms with van der Waals surface area (Å²) >= 11 is 1.60. The topological polar surface area (TPSA) is 46.2 Å². The maximum atomic E-state index is 8.71. The Morgan fingerprint density at radius 1 is 1.75 bits per heavy atom. The molecule has 52 valence electrons. The number of thioether (sulfide) groups is 1. The molecule has 0 aromatic rings. The van der Waals surface area contributed by atoms with Gasteiger partial charge in [0.15, 0.2) is 0 Å². The van der Waals surface area contributed by atoms with Gasteiger partial charge in [-0.3, -0.25) is 0 Å². The standard InChI is InChI=1S/C4H11NOS.ClH/c1-7-3-4(6)2-5;/h4,6H,2-3,5H2,1H3;1H/t4-;/m0./s1. The highest BCUT2D eigenvalue weighted by molar-refractivity contribution is 7.98. The number of halogens is 1. The van der Waals surface area contributed by atoms with E-state index in [0.29, 0.717) is 6.54 Å². The molecule has 0 unspecified atom stereocenters. The van der Waals surface area contributed by atoms with Crippen LogP contribution in [0.15, 0.2) is 0 Å². The van der Waals surface area contributed by atoms with Crippen LogP contribution < -0.4 is 5.73 Å². The van der Waals surface area contributed by atoms with E-state index in [-0.39, 0.29) is 18.5 Å². The van der Waals surface area contributed by atoms with Gasteiger partial charge in [-0.25, -0.2) is 0 Å². The molecule has 0 aromatic heterocycles. The summed E-state index contributed by atoms with van der Waals surface area (Å²) in [5.74, 6) is 0.747. The first-order chi connectivity index (χ1) is 3.31. The molecule has 3 N–H and O–H groups in total. The average molecular weight is 158 g/mol. The van der Waals surface area contributed by atoms with E-state index in [2.05, 4.69) is 0 Å². The zero-order valence-corrected chi connectivity index (χ0v) is 6.47. The maximum Gasteiger partial charge on any atom is 0.0752 e. The summed E-state index contributed by atoms with van der Waals surface area (Å²) in [5.41, 5.74) is 5.09. The molecule has 0 amide bonds. The molecular weight excluding hydrogens is 146 g/mol. The van der Waals surface area contributed by atoms with Crippen molar-refractivity contribution in [2.75, 3.05) is 18.6 Å². The van der Waals surface area contributed by atoms with Crippen LogP contribution in [0, 0.1) is 0 Å². The second-order valence-corrected chi connectivity index (χ2v) is 2.26. The van der Waals surface area contributed by atoms with Crippen LogP contribution in [0.3, 0.4) is 0 Å². The third-order valence-electron chi connectivity index (χ3n) is 0.631. The van der Waals surface area contributed by atoms with Crippen molar-refractivity contribution in [1.82, 2.24) is 0 Å². The van der Waals surface area contributed by atoms with E-state index in [1.54, 1.807) is 11.8 Å². The van der Waals surface area contributed by atoms with Gasteiger partial charge in [-0.15, -0.1) is 12.4 Å². The molecule has 0 aromatic carbocycles. The molecule has 0 aliphatic heterocycles. The molecule has 4 heteroatoms. The zero-order chi connectivity index (χ0) is 5.70. The largest absolute Gasteiger partial charge is 0.391 e. The summed E-state index contributed by atoms with van der Waals surface area (Å²) in [4.78, 5) is 0. The molecule has 2 nitrogen and oxygen atoms in total. The van der Waals surface area contributed by atoms with E-state index in [4.69, 9.17) is 10.8 Å². The van der Waals surface area contributed by atoms with Gasteiger partial charge in [0.2, 0.25) is 0 Å². The zero-order valence-electron chi connectivity index (χ0n) is 4.83. The highest BCUT2D eigenvalue weighted by Gasteiger charge is 1.95. The lowest BCUT2D eigenvalue weighted by Crippen LogP contribution is -2.21. The summed E-state index contributed by atoms with van der Waals surface area (Å²) in [6.45, 7) is 0.376. The number of nitrogens with two attached hydrogens (primary N) is 1. The molecule has 0 rings (SSSR count). The summed E-state index contributed by atoms with van der Waals surface area (Å²) in [6.07, 6.45) is 1.63. The van der Waals surface area contributed by atoms with Crippen LogP contribution in [0.2, 0.25) is 0 Å². The summed E-state index contributed by atoms with van der Waals surface area (Å²) in [6, 6.07) is 0. The first kappa shape index (κ1) is 11.4. The van der Waals surface area contributed by atoms with Gasteiger partial charge in [0.1, 0.15) is 0 Å². The van der Waals surface area contributed by atoms with Gasteiger partial charge in [0.25, 0.3) is 0 Å². The molecule has 0 fully saturated rings. The fourth-order valence-electron chi connectivity index (χ4n) is 0.260. The van der Waals surface area contributed by atoms with E-state index in [1.165, 1.54) is 0 Å². The number of aliphatic hydroxyl groups excluding tert-OH is 1. The van der Waals surface area contributed by atoms with Crippen molar-refractivity contribution in [3.63, 3.8) is 0 Å². The van der Waals surface area contributed by atoms with Crippen molar-refractivity contribution < 1.29 is 5.11 Å². The smallest absolute Gasteiger partial charge is 0.0752 e. The van der Waals surface area contributed by atoms with Crippen molar-refractivity contribution in [1.29, 1.82) is 0 Å². The van der Waals surface area contributed by atoms with Crippen molar-refractivity contribution in [2.24, 2.45) is 5.73 Å². The Morgan fingerprint density at radius 2 is 2.25 bits per heavy atom. The Labute approximate surface area is 60.2 Å². The van der Waals surface area contributed by atoms with Gasteiger partial charge in [0.05, 0.1) is 6.10 Å². The van der Waals surface area contributed by atoms with Gasteiger partial charge in [-0.05, 0) is 6.26 Å². The van der Waals surface area contributed by atoms with E-state index >= 15 is 0 Å². The van der Waals surface area contributed by atoms with E-state index in [9.17, 15) is 0 Å². The minimum atomic E-state index is -0.310. The fraction of sp³-hybridized carbons (Fsp3) is 1.00. The monoisotopic (exact) mass is 157 g/mol. The number of rotatable bonds is 3. The fourth-order valence-corrected chi connectivity index (χ4v) is 0.781. The third kappa shape index (κ3) is 6.56. The Morgan fingerprint density at radius 3 is 2.38 bits per heavy atom. The number of aliphatic hydroxyl groups is 1. The number of hydrogen-bond acceptors (Lipinski definition) is 3. The van der Waals surface area contributed by atoms with Crippen molar-refractivity contribution in [2.45, 2.75) is 6.10 Å². The Hall–Kier alpha value is 0.560. The summed E-state index contributed by atoms with van der Waals surface area (Å²) in [7, 11) is 0. The van der Waals surface area contributed by atoms with Crippen LogP contribution >= 0.6 is 24.2 Å². The van der Waals surface area contributed by atoms with E-state index in [1.807, 2.05) is 6.26 Å². The Bertz CT molecular complexity index is 47.0. The van der Waals surface area contributed by atoms with Gasteiger partial charge in [-0.1, -0.05) is 0 Å². The maximum absolute atomic E-state index is 8.71. The minimum absolute atomic E-state index is 0. The van der Waals surface area contributed by atoms with Crippen LogP contribution in [-0.2, 0) is 0 Å². The van der Waals surface area contributed by atoms with E-state index in [0.717, 1.165) is 5.75 Å². The molecule has 0 spiro atoms. The quantitative estimate of drug-likeness (QED) is 0.611. The van der Waals surface area contributed by atoms with Crippen LogP contribution in [0.25, 0.3) is 0 Å². The van der Waals surface area contributed by atoms with Gasteiger partial charge in [0, 0.05) is 12.3 Å². The molecule has 0 radical (unpaired) electrons. The molecule has 0 heterocycles. The molecule has 0 aliphatic carbocycles. The molecule has 1 atom stereocenters. The van der Waals surface area contributed by atoms with Crippen molar-refractivity contribution >= 4 is 24.2 Å². The van der Waals surface area contributed by atoms with Crippen LogP contribution in [-0.4, -0.2) is 29.8 Å². The first-order valence-electron chi connectivity index (χ1n) is 2.18. The normalized spacial score (nSPS) is 12.4. The molecular formula is C4H12ClNOS. The second-order valence-electron chi connectivity index (χ2n) is 1.34. The van der Waals surface area contributed by atoms with Gasteiger partial charge >= 0.3 is 0 Å². The number of hydrogen-bond donors (Lipinski definition) is 2. The Kier molecular flexibility index (Phi) is 10.7. The lowest BCUT2D eigenvalue weighted by Gasteiger charge is -2.01. The van der Waals surface area contributed by atoms with E-state index < -0.39 is 0 Å². The summed E-state index contributed by atoms with van der Waals surface area (Å²) < 4.78 is 0. The van der Waals surface area contributed by atoms with Crippen LogP contribution in [0.4, 0.5) is 0 Å². The second kappa shape index (κ2) is 7.56. The summed E-state index contributed by atoms with van der Waals surface area (Å²) in [5, 5.41) is 8.71. The van der Waals surface area contributed by atoms with Gasteiger partial charge < -0.3 is 10.8 Å². The predicted octanol–water partition coefficient (Wildman–Crippen LogP) is 0.0908. The average Bonchev–Trinajstić information content (AvgIpc) is 1.68. The third-order valence-corrected chi connectivity index (χ3v) is 1.35. The highest BCUT2D eigenvalue weighted by Crippen LogP contribution is 1.93. The highest BCUT2D eigenvalue weighted by atomic mass is 35.5. The molecule has 0 aliphatic rings. The van der Waals surface area contributed by atoms with Crippen LogP contribution in [0.5, 0.6) is 0 Å². The van der Waals surface area contributed by atoms with Crippen molar-refractivity contribution in [3.05, 3.63) is 0 Å². The minimum Gasteiger partial charge on any atom is -0.391 e. The molecule has 8 heavy (non-hydrogen) atoms. The lowest BCUT2D eigenvalue weighted by atomic mass is 10.4. The SMILES string of the molecule is CSC[C@@H](O)CN.Cl. The van der Waals surface area contributed by atoms with Crippen molar-refractivity contribution in [3.8, 4) is 0 Å².